The molecule has 118 valence electrons. The van der Waals surface area contributed by atoms with E-state index in [2.05, 4.69) is 16.4 Å². The summed E-state index contributed by atoms with van der Waals surface area (Å²) in [6.45, 7) is 7.01. The lowest BCUT2D eigenvalue weighted by Gasteiger charge is -2.30. The van der Waals surface area contributed by atoms with Crippen molar-refractivity contribution in [2.24, 2.45) is 11.8 Å². The molecular formula is C13H26N2O4S. The largest absolute Gasteiger partial charge is 0.468 e. The number of carbonyl (C=O) groups is 1. The average Bonchev–Trinajstić information content (AvgIpc) is 2.36. The molecule has 0 radical (unpaired) electrons. The molecule has 0 amide bonds. The van der Waals surface area contributed by atoms with E-state index >= 15 is 0 Å². The number of methoxy groups -OCH3 is 1. The number of hydrogen-bond acceptors (Lipinski definition) is 4. The first-order valence-electron chi connectivity index (χ1n) is 7.11. The van der Waals surface area contributed by atoms with Gasteiger partial charge in [0.25, 0.3) is 10.2 Å². The van der Waals surface area contributed by atoms with Crippen LogP contribution in [0.15, 0.2) is 0 Å². The zero-order chi connectivity index (χ0) is 15.3. The molecule has 1 atom stereocenters. The number of piperidine rings is 1. The summed E-state index contributed by atoms with van der Waals surface area (Å²) in [5.74, 6) is 0.212. The van der Waals surface area contributed by atoms with Gasteiger partial charge in [0.2, 0.25) is 0 Å². The minimum absolute atomic E-state index is 0.197. The molecule has 1 rings (SSSR count). The molecular weight excluding hydrogens is 280 g/mol. The SMILES string of the molecule is COC(=O)C(CC(C)C)NS(=O)(=O)N1CCC(C)CC1. The molecule has 0 spiro atoms. The van der Waals surface area contributed by atoms with Crippen LogP contribution in [0.5, 0.6) is 0 Å². The highest BCUT2D eigenvalue weighted by Gasteiger charge is 2.31. The number of esters is 1. The van der Waals surface area contributed by atoms with E-state index in [1.165, 1.54) is 11.4 Å². The summed E-state index contributed by atoms with van der Waals surface area (Å²) in [5, 5.41) is 0. The van der Waals surface area contributed by atoms with Crippen molar-refractivity contribution in [1.29, 1.82) is 0 Å². The Morgan fingerprint density at radius 3 is 2.35 bits per heavy atom. The fourth-order valence-electron chi connectivity index (χ4n) is 2.29. The van der Waals surface area contributed by atoms with Crippen LogP contribution in [0, 0.1) is 11.8 Å². The number of rotatable bonds is 6. The van der Waals surface area contributed by atoms with Crippen molar-refractivity contribution in [3.8, 4) is 0 Å². The van der Waals surface area contributed by atoms with E-state index in [1.54, 1.807) is 0 Å². The molecule has 1 unspecified atom stereocenters. The van der Waals surface area contributed by atoms with Gasteiger partial charge in [-0.3, -0.25) is 4.79 Å². The topological polar surface area (TPSA) is 75.7 Å². The van der Waals surface area contributed by atoms with Crippen molar-refractivity contribution in [2.45, 2.75) is 46.1 Å². The third-order valence-corrected chi connectivity index (χ3v) is 5.19. The molecule has 7 heteroatoms. The van der Waals surface area contributed by atoms with Crippen LogP contribution in [-0.4, -0.2) is 44.9 Å². The fraction of sp³-hybridized carbons (Fsp3) is 0.923. The Kier molecular flexibility index (Phi) is 6.42. The van der Waals surface area contributed by atoms with Gasteiger partial charge < -0.3 is 4.74 Å². The number of hydrogen-bond donors (Lipinski definition) is 1. The highest BCUT2D eigenvalue weighted by atomic mass is 32.2. The Morgan fingerprint density at radius 1 is 1.35 bits per heavy atom. The van der Waals surface area contributed by atoms with Crippen LogP contribution in [0.3, 0.4) is 0 Å². The molecule has 0 aromatic carbocycles. The lowest BCUT2D eigenvalue weighted by Crippen LogP contribution is -2.51. The summed E-state index contributed by atoms with van der Waals surface area (Å²) < 4.78 is 33.2. The van der Waals surface area contributed by atoms with Crippen LogP contribution in [0.25, 0.3) is 0 Å². The summed E-state index contributed by atoms with van der Waals surface area (Å²) in [6, 6.07) is -0.815. The smallest absolute Gasteiger partial charge is 0.323 e. The summed E-state index contributed by atoms with van der Waals surface area (Å²) >= 11 is 0. The summed E-state index contributed by atoms with van der Waals surface area (Å²) in [7, 11) is -2.35. The third kappa shape index (κ3) is 5.03. The molecule has 0 bridgehead atoms. The van der Waals surface area contributed by atoms with E-state index in [0.29, 0.717) is 25.4 Å². The van der Waals surface area contributed by atoms with Crippen LogP contribution in [-0.2, 0) is 19.7 Å². The van der Waals surface area contributed by atoms with Gasteiger partial charge in [0.1, 0.15) is 6.04 Å². The molecule has 0 aliphatic carbocycles. The van der Waals surface area contributed by atoms with E-state index in [0.717, 1.165) is 12.8 Å². The van der Waals surface area contributed by atoms with Crippen LogP contribution >= 0.6 is 0 Å². The van der Waals surface area contributed by atoms with Crippen LogP contribution in [0.4, 0.5) is 0 Å². The molecule has 0 saturated carbocycles. The highest BCUT2D eigenvalue weighted by molar-refractivity contribution is 7.87. The monoisotopic (exact) mass is 306 g/mol. The fourth-order valence-corrected chi connectivity index (χ4v) is 3.68. The minimum atomic E-state index is -3.62. The van der Waals surface area contributed by atoms with E-state index in [-0.39, 0.29) is 5.92 Å². The lowest BCUT2D eigenvalue weighted by atomic mass is 10.0. The second-order valence-corrected chi connectivity index (χ2v) is 7.61. The molecule has 0 aromatic rings. The Bertz CT molecular complexity index is 414. The number of nitrogens with zero attached hydrogens (tertiary/aromatic N) is 1. The van der Waals surface area contributed by atoms with Crippen molar-refractivity contribution < 1.29 is 17.9 Å². The van der Waals surface area contributed by atoms with E-state index in [1.807, 2.05) is 13.8 Å². The van der Waals surface area contributed by atoms with Gasteiger partial charge in [0.05, 0.1) is 7.11 Å². The molecule has 0 aromatic heterocycles. The third-order valence-electron chi connectivity index (χ3n) is 3.57. The lowest BCUT2D eigenvalue weighted by molar-refractivity contribution is -0.143. The number of nitrogens with one attached hydrogen (secondary N) is 1. The quantitative estimate of drug-likeness (QED) is 0.747. The average molecular weight is 306 g/mol. The van der Waals surface area contributed by atoms with Gasteiger partial charge >= 0.3 is 5.97 Å². The molecule has 1 heterocycles. The van der Waals surface area contributed by atoms with Crippen molar-refractivity contribution in [3.63, 3.8) is 0 Å². The molecule has 1 aliphatic heterocycles. The molecule has 20 heavy (non-hydrogen) atoms. The van der Waals surface area contributed by atoms with E-state index in [4.69, 9.17) is 0 Å². The summed E-state index contributed by atoms with van der Waals surface area (Å²) in [6.07, 6.45) is 2.14. The second kappa shape index (κ2) is 7.38. The van der Waals surface area contributed by atoms with Gasteiger partial charge in [-0.15, -0.1) is 0 Å². The summed E-state index contributed by atoms with van der Waals surface area (Å²) in [4.78, 5) is 11.7. The predicted octanol–water partition coefficient (Wildman–Crippen LogP) is 1.14. The first-order valence-corrected chi connectivity index (χ1v) is 8.55. The van der Waals surface area contributed by atoms with Gasteiger partial charge in [0, 0.05) is 13.1 Å². The van der Waals surface area contributed by atoms with E-state index in [9.17, 15) is 13.2 Å². The van der Waals surface area contributed by atoms with Crippen LogP contribution < -0.4 is 4.72 Å². The van der Waals surface area contributed by atoms with Gasteiger partial charge in [-0.25, -0.2) is 0 Å². The first-order chi connectivity index (χ1) is 9.26. The van der Waals surface area contributed by atoms with Crippen LogP contribution in [0.2, 0.25) is 0 Å². The Labute approximate surface area is 122 Å². The maximum atomic E-state index is 12.3. The predicted molar refractivity (Wildman–Crippen MR) is 77.3 cm³/mol. The number of ether oxygens (including phenoxy) is 1. The van der Waals surface area contributed by atoms with Crippen molar-refractivity contribution in [2.75, 3.05) is 20.2 Å². The van der Waals surface area contributed by atoms with Crippen molar-refractivity contribution >= 4 is 16.2 Å². The first kappa shape index (κ1) is 17.4. The van der Waals surface area contributed by atoms with Crippen LogP contribution in [0.1, 0.15) is 40.0 Å². The Morgan fingerprint density at radius 2 is 1.90 bits per heavy atom. The Balaban J connectivity index is 2.72. The van der Waals surface area contributed by atoms with Gasteiger partial charge in [0.15, 0.2) is 0 Å². The molecule has 1 fully saturated rings. The molecule has 6 nitrogen and oxygen atoms in total. The van der Waals surface area contributed by atoms with Gasteiger partial charge in [-0.1, -0.05) is 20.8 Å². The zero-order valence-electron chi connectivity index (χ0n) is 12.8. The zero-order valence-corrected chi connectivity index (χ0v) is 13.6. The standard InChI is InChI=1S/C13H26N2O4S/c1-10(2)9-12(13(16)19-4)14-20(17,18)15-7-5-11(3)6-8-15/h10-12,14H,5-9H2,1-4H3. The normalized spacial score (nSPS) is 20.1. The minimum Gasteiger partial charge on any atom is -0.468 e. The van der Waals surface area contributed by atoms with Crippen molar-refractivity contribution in [3.05, 3.63) is 0 Å². The van der Waals surface area contributed by atoms with Gasteiger partial charge in [-0.05, 0) is 31.1 Å². The van der Waals surface area contributed by atoms with Gasteiger partial charge in [-0.2, -0.15) is 17.4 Å². The van der Waals surface area contributed by atoms with Crippen molar-refractivity contribution in [1.82, 2.24) is 9.03 Å². The highest BCUT2D eigenvalue weighted by Crippen LogP contribution is 2.19. The van der Waals surface area contributed by atoms with E-state index < -0.39 is 22.2 Å². The Hall–Kier alpha value is -0.660. The molecule has 1 saturated heterocycles. The maximum absolute atomic E-state index is 12.3. The molecule has 1 N–H and O–H groups in total. The summed E-state index contributed by atoms with van der Waals surface area (Å²) in [5.41, 5.74) is 0. The second-order valence-electron chi connectivity index (χ2n) is 5.91. The molecule has 1 aliphatic rings. The maximum Gasteiger partial charge on any atom is 0.323 e. The number of carbonyl (C=O) groups excluding carboxylic acids is 1.